The van der Waals surface area contributed by atoms with Gasteiger partial charge in [-0.1, -0.05) is 18.2 Å². The van der Waals surface area contributed by atoms with Crippen LogP contribution in [0.1, 0.15) is 23.4 Å². The van der Waals surface area contributed by atoms with Crippen molar-refractivity contribution < 1.29 is 4.74 Å². The van der Waals surface area contributed by atoms with Crippen molar-refractivity contribution in [3.05, 3.63) is 52.2 Å². The summed E-state index contributed by atoms with van der Waals surface area (Å²) in [5.41, 5.74) is 1.15. The number of hydrogen-bond acceptors (Lipinski definition) is 4. The fourth-order valence-electron chi connectivity index (χ4n) is 1.77. The van der Waals surface area contributed by atoms with E-state index in [0.29, 0.717) is 6.04 Å². The summed E-state index contributed by atoms with van der Waals surface area (Å²) in [6.07, 6.45) is 0. The summed E-state index contributed by atoms with van der Waals surface area (Å²) in [4.78, 5) is 1.33. The molecular formula is C15H16N2OS. The molecule has 3 nitrogen and oxygen atoms in total. The minimum atomic E-state index is 0.0858. The second-order valence-corrected chi connectivity index (χ2v) is 5.19. The van der Waals surface area contributed by atoms with Crippen molar-refractivity contribution in [2.24, 2.45) is 0 Å². The zero-order valence-electron chi connectivity index (χ0n) is 10.8. The summed E-state index contributed by atoms with van der Waals surface area (Å²) in [6, 6.07) is 14.3. The second-order valence-electron chi connectivity index (χ2n) is 4.21. The number of ether oxygens (including phenoxy) is 1. The predicted molar refractivity (Wildman–Crippen MR) is 77.1 cm³/mol. The van der Waals surface area contributed by atoms with E-state index in [1.807, 2.05) is 30.3 Å². The van der Waals surface area contributed by atoms with Gasteiger partial charge in [-0.3, -0.25) is 0 Å². The highest BCUT2D eigenvalue weighted by Gasteiger charge is 2.05. The van der Waals surface area contributed by atoms with Gasteiger partial charge in [0.15, 0.2) is 6.61 Å². The zero-order valence-corrected chi connectivity index (χ0v) is 11.6. The Labute approximate surface area is 117 Å². The largest absolute Gasteiger partial charge is 0.479 e. The maximum atomic E-state index is 8.49. The first-order valence-corrected chi connectivity index (χ1v) is 7.03. The summed E-state index contributed by atoms with van der Waals surface area (Å²) >= 11 is 1.76. The molecule has 2 rings (SSSR count). The first-order chi connectivity index (χ1) is 9.29. The van der Waals surface area contributed by atoms with E-state index in [9.17, 15) is 0 Å². The molecule has 0 amide bonds. The molecule has 0 bridgehead atoms. The second kappa shape index (κ2) is 6.93. The fourth-order valence-corrected chi connectivity index (χ4v) is 2.53. The number of nitrogens with zero attached hydrogens (tertiary/aromatic N) is 1. The molecule has 0 radical (unpaired) electrons. The molecule has 0 unspecified atom stereocenters. The van der Waals surface area contributed by atoms with Crippen LogP contribution in [0.15, 0.2) is 41.8 Å². The molecule has 0 saturated carbocycles. The van der Waals surface area contributed by atoms with E-state index in [-0.39, 0.29) is 6.61 Å². The lowest BCUT2D eigenvalue weighted by Crippen LogP contribution is -2.17. The Morgan fingerprint density at radius 1 is 1.37 bits per heavy atom. The first-order valence-electron chi connectivity index (χ1n) is 6.15. The summed E-state index contributed by atoms with van der Waals surface area (Å²) in [7, 11) is 0. The smallest absolute Gasteiger partial charge is 0.174 e. The Bertz CT molecular complexity index is 546. The molecule has 1 atom stereocenters. The van der Waals surface area contributed by atoms with E-state index in [1.165, 1.54) is 4.88 Å². The van der Waals surface area contributed by atoms with Crippen LogP contribution >= 0.6 is 11.3 Å². The third-order valence-electron chi connectivity index (χ3n) is 2.78. The molecule has 0 saturated heterocycles. The highest BCUT2D eigenvalue weighted by Crippen LogP contribution is 2.19. The van der Waals surface area contributed by atoms with E-state index >= 15 is 0 Å². The number of nitriles is 1. The molecule has 0 aliphatic carbocycles. The van der Waals surface area contributed by atoms with Crippen molar-refractivity contribution in [2.45, 2.75) is 19.5 Å². The predicted octanol–water partition coefficient (Wildman–Crippen LogP) is 3.50. The van der Waals surface area contributed by atoms with Crippen molar-refractivity contribution in [1.82, 2.24) is 5.32 Å². The Morgan fingerprint density at radius 3 is 3.00 bits per heavy atom. The molecule has 4 heteroatoms. The topological polar surface area (TPSA) is 45.0 Å². The SMILES string of the molecule is C[C@@H](NCc1cccc(OCC#N)c1)c1cccs1. The molecule has 0 aliphatic heterocycles. The molecule has 0 fully saturated rings. The van der Waals surface area contributed by atoms with Gasteiger partial charge in [0.1, 0.15) is 11.8 Å². The van der Waals surface area contributed by atoms with Gasteiger partial charge in [0.2, 0.25) is 0 Å². The minimum Gasteiger partial charge on any atom is -0.479 e. The van der Waals surface area contributed by atoms with Crippen LogP contribution in [0.4, 0.5) is 0 Å². The zero-order chi connectivity index (χ0) is 13.5. The molecule has 2 aromatic rings. The van der Waals surface area contributed by atoms with Gasteiger partial charge < -0.3 is 10.1 Å². The standard InChI is InChI=1S/C15H16N2OS/c1-12(15-6-3-9-19-15)17-11-13-4-2-5-14(10-13)18-8-7-16/h2-6,9-10,12,17H,8,11H2,1H3/t12-/m1/s1. The van der Waals surface area contributed by atoms with Crippen LogP contribution in [0.2, 0.25) is 0 Å². The lowest BCUT2D eigenvalue weighted by atomic mass is 10.2. The third kappa shape index (κ3) is 4.09. The maximum absolute atomic E-state index is 8.49. The van der Waals surface area contributed by atoms with Crippen LogP contribution in [-0.4, -0.2) is 6.61 Å². The Morgan fingerprint density at radius 2 is 2.26 bits per heavy atom. The van der Waals surface area contributed by atoms with Crippen LogP contribution < -0.4 is 10.1 Å². The molecular weight excluding hydrogens is 256 g/mol. The molecule has 19 heavy (non-hydrogen) atoms. The van der Waals surface area contributed by atoms with Crippen molar-refractivity contribution in [3.8, 4) is 11.8 Å². The summed E-state index contributed by atoms with van der Waals surface area (Å²) in [6.45, 7) is 3.02. The lowest BCUT2D eigenvalue weighted by Gasteiger charge is -2.12. The molecule has 1 N–H and O–H groups in total. The molecule has 1 heterocycles. The molecule has 1 aromatic carbocycles. The average Bonchev–Trinajstić information content (AvgIpc) is 2.97. The number of benzene rings is 1. The van der Waals surface area contributed by atoms with Gasteiger partial charge >= 0.3 is 0 Å². The maximum Gasteiger partial charge on any atom is 0.174 e. The monoisotopic (exact) mass is 272 g/mol. The van der Waals surface area contributed by atoms with E-state index < -0.39 is 0 Å². The van der Waals surface area contributed by atoms with Gasteiger partial charge in [-0.2, -0.15) is 5.26 Å². The fraction of sp³-hybridized carbons (Fsp3) is 0.267. The third-order valence-corrected chi connectivity index (χ3v) is 3.84. The van der Waals surface area contributed by atoms with Gasteiger partial charge in [0, 0.05) is 17.5 Å². The van der Waals surface area contributed by atoms with Gasteiger partial charge in [0.05, 0.1) is 0 Å². The van der Waals surface area contributed by atoms with Crippen LogP contribution in [0.3, 0.4) is 0 Å². The van der Waals surface area contributed by atoms with E-state index in [0.717, 1.165) is 17.9 Å². The Hall–Kier alpha value is -1.83. The Kier molecular flexibility index (Phi) is 4.96. The van der Waals surface area contributed by atoms with Crippen LogP contribution in [-0.2, 0) is 6.54 Å². The normalized spacial score (nSPS) is 11.8. The van der Waals surface area contributed by atoms with Crippen molar-refractivity contribution >= 4 is 11.3 Å². The lowest BCUT2D eigenvalue weighted by molar-refractivity contribution is 0.367. The number of hydrogen-bond donors (Lipinski definition) is 1. The minimum absolute atomic E-state index is 0.0858. The number of rotatable bonds is 6. The van der Waals surface area contributed by atoms with Crippen molar-refractivity contribution in [1.29, 1.82) is 5.26 Å². The van der Waals surface area contributed by atoms with Gasteiger partial charge in [-0.25, -0.2) is 0 Å². The Balaban J connectivity index is 1.90. The van der Waals surface area contributed by atoms with Crippen LogP contribution in [0, 0.1) is 11.3 Å². The first kappa shape index (κ1) is 13.6. The highest BCUT2D eigenvalue weighted by atomic mass is 32.1. The summed E-state index contributed by atoms with van der Waals surface area (Å²) < 4.78 is 5.29. The van der Waals surface area contributed by atoms with Crippen LogP contribution in [0.5, 0.6) is 5.75 Å². The van der Waals surface area contributed by atoms with Gasteiger partial charge in [-0.05, 0) is 36.1 Å². The van der Waals surface area contributed by atoms with E-state index in [1.54, 1.807) is 11.3 Å². The number of nitrogens with one attached hydrogen (secondary N) is 1. The highest BCUT2D eigenvalue weighted by molar-refractivity contribution is 7.10. The van der Waals surface area contributed by atoms with Crippen molar-refractivity contribution in [2.75, 3.05) is 6.61 Å². The number of thiophene rings is 1. The molecule has 0 aliphatic rings. The van der Waals surface area contributed by atoms with Crippen LogP contribution in [0.25, 0.3) is 0 Å². The quantitative estimate of drug-likeness (QED) is 0.875. The van der Waals surface area contributed by atoms with E-state index in [4.69, 9.17) is 10.00 Å². The van der Waals surface area contributed by atoms with Gasteiger partial charge in [-0.15, -0.1) is 11.3 Å². The molecule has 1 aromatic heterocycles. The average molecular weight is 272 g/mol. The summed E-state index contributed by atoms with van der Waals surface area (Å²) in [5, 5.41) is 14.1. The van der Waals surface area contributed by atoms with E-state index in [2.05, 4.69) is 29.8 Å². The molecule has 98 valence electrons. The van der Waals surface area contributed by atoms with Crippen molar-refractivity contribution in [3.63, 3.8) is 0 Å². The van der Waals surface area contributed by atoms with Gasteiger partial charge in [0.25, 0.3) is 0 Å². The molecule has 0 spiro atoms. The summed E-state index contributed by atoms with van der Waals surface area (Å²) in [5.74, 6) is 0.740.